The quantitative estimate of drug-likeness (QED) is 0.795. The molecule has 2 rings (SSSR count). The van der Waals surface area contributed by atoms with Gasteiger partial charge >= 0.3 is 0 Å². The molecule has 24 heavy (non-hydrogen) atoms. The van der Waals surface area contributed by atoms with Crippen LogP contribution in [-0.4, -0.2) is 67.2 Å². The molecule has 1 aromatic rings. The number of carbonyl (C=O) groups is 1. The number of aliphatic hydroxyl groups excluding tert-OH is 1. The van der Waals surface area contributed by atoms with E-state index in [4.69, 9.17) is 0 Å². The van der Waals surface area contributed by atoms with Crippen LogP contribution in [0.5, 0.6) is 0 Å². The molecule has 1 fully saturated rings. The predicted molar refractivity (Wildman–Crippen MR) is 97.0 cm³/mol. The normalized spacial score (nSPS) is 17.9. The number of hydrogen-bond acceptors (Lipinski definition) is 4. The van der Waals surface area contributed by atoms with Crippen molar-refractivity contribution in [1.82, 2.24) is 15.1 Å². The van der Waals surface area contributed by atoms with E-state index in [1.807, 2.05) is 38.4 Å². The second-order valence-electron chi connectivity index (χ2n) is 7.28. The molecule has 1 unspecified atom stereocenters. The number of likely N-dealkylation sites (tertiary alicyclic amines) is 1. The Hall–Kier alpha value is -1.43. The number of rotatable bonds is 7. The summed E-state index contributed by atoms with van der Waals surface area (Å²) in [6.45, 7) is 6.14. The first-order chi connectivity index (χ1) is 11.4. The fourth-order valence-electron chi connectivity index (χ4n) is 3.05. The summed E-state index contributed by atoms with van der Waals surface area (Å²) in [4.78, 5) is 16.5. The van der Waals surface area contributed by atoms with Crippen molar-refractivity contribution in [2.45, 2.75) is 32.4 Å². The third-order valence-electron chi connectivity index (χ3n) is 4.56. The predicted octanol–water partition coefficient (Wildman–Crippen LogP) is 1.57. The zero-order valence-corrected chi connectivity index (χ0v) is 15.2. The summed E-state index contributed by atoms with van der Waals surface area (Å²) in [6.07, 6.45) is 1.87. The number of benzene rings is 1. The van der Waals surface area contributed by atoms with Gasteiger partial charge in [0, 0.05) is 25.2 Å². The van der Waals surface area contributed by atoms with Gasteiger partial charge in [-0.1, -0.05) is 19.1 Å². The molecule has 1 aromatic carbocycles. The Morgan fingerprint density at radius 1 is 1.29 bits per heavy atom. The monoisotopic (exact) mass is 333 g/mol. The standard InChI is InChI=1S/C19H31N3O2/c1-15-8-10-22(11-9-15)14-18(23)12-20-19(24)17-6-4-16(5-7-17)13-21(2)3/h4-7,15,18,23H,8-14H2,1-3H3,(H,20,24). The number of amides is 1. The molecular formula is C19H31N3O2. The summed E-state index contributed by atoms with van der Waals surface area (Å²) >= 11 is 0. The Morgan fingerprint density at radius 2 is 1.92 bits per heavy atom. The van der Waals surface area contributed by atoms with Crippen molar-refractivity contribution in [3.63, 3.8) is 0 Å². The van der Waals surface area contributed by atoms with Crippen LogP contribution in [-0.2, 0) is 6.54 Å². The highest BCUT2D eigenvalue weighted by Crippen LogP contribution is 2.15. The first kappa shape index (κ1) is 18.9. The van der Waals surface area contributed by atoms with Crippen LogP contribution in [0.4, 0.5) is 0 Å². The van der Waals surface area contributed by atoms with Gasteiger partial charge in [0.25, 0.3) is 5.91 Å². The molecule has 0 radical (unpaired) electrons. The van der Waals surface area contributed by atoms with Crippen LogP contribution in [0.1, 0.15) is 35.7 Å². The van der Waals surface area contributed by atoms with Gasteiger partial charge in [0.15, 0.2) is 0 Å². The zero-order chi connectivity index (χ0) is 17.5. The second kappa shape index (κ2) is 9.16. The molecule has 1 amide bonds. The molecule has 134 valence electrons. The maximum atomic E-state index is 12.2. The Kier molecular flexibility index (Phi) is 7.21. The van der Waals surface area contributed by atoms with Crippen molar-refractivity contribution in [3.8, 4) is 0 Å². The Balaban J connectivity index is 1.73. The third-order valence-corrected chi connectivity index (χ3v) is 4.56. The molecule has 0 aliphatic carbocycles. The molecule has 0 spiro atoms. The van der Waals surface area contributed by atoms with Crippen molar-refractivity contribution in [2.75, 3.05) is 40.3 Å². The van der Waals surface area contributed by atoms with E-state index in [2.05, 4.69) is 22.0 Å². The van der Waals surface area contributed by atoms with Crippen LogP contribution in [0, 0.1) is 5.92 Å². The van der Waals surface area contributed by atoms with Crippen molar-refractivity contribution >= 4 is 5.91 Å². The van der Waals surface area contributed by atoms with Gasteiger partial charge in [-0.05, 0) is 63.6 Å². The maximum Gasteiger partial charge on any atom is 0.251 e. The lowest BCUT2D eigenvalue weighted by atomic mass is 9.99. The van der Waals surface area contributed by atoms with Crippen molar-refractivity contribution in [2.24, 2.45) is 5.92 Å². The minimum Gasteiger partial charge on any atom is -0.390 e. The van der Waals surface area contributed by atoms with Gasteiger partial charge in [0.2, 0.25) is 0 Å². The molecule has 0 aromatic heterocycles. The average Bonchev–Trinajstić information content (AvgIpc) is 2.55. The molecule has 1 saturated heterocycles. The number of nitrogens with one attached hydrogen (secondary N) is 1. The summed E-state index contributed by atoms with van der Waals surface area (Å²) < 4.78 is 0. The van der Waals surface area contributed by atoms with Crippen molar-refractivity contribution in [3.05, 3.63) is 35.4 Å². The fraction of sp³-hybridized carbons (Fsp3) is 0.632. The minimum atomic E-state index is -0.518. The summed E-state index contributed by atoms with van der Waals surface area (Å²) in [5.41, 5.74) is 1.81. The van der Waals surface area contributed by atoms with Gasteiger partial charge in [-0.2, -0.15) is 0 Å². The summed E-state index contributed by atoms with van der Waals surface area (Å²) in [5.74, 6) is 0.659. The summed E-state index contributed by atoms with van der Waals surface area (Å²) in [5, 5.41) is 13.0. The van der Waals surface area contributed by atoms with E-state index in [-0.39, 0.29) is 5.91 Å². The highest BCUT2D eigenvalue weighted by atomic mass is 16.3. The molecule has 5 heteroatoms. The summed E-state index contributed by atoms with van der Waals surface area (Å²) in [7, 11) is 4.04. The zero-order valence-electron chi connectivity index (χ0n) is 15.2. The lowest BCUT2D eigenvalue weighted by molar-refractivity contribution is 0.0795. The number of β-amino-alcohol motifs (C(OH)–C–C–N with tert-alkyl or cyclic N) is 1. The van der Waals surface area contributed by atoms with Gasteiger partial charge in [0.05, 0.1) is 6.10 Å². The van der Waals surface area contributed by atoms with E-state index < -0.39 is 6.10 Å². The fourth-order valence-corrected chi connectivity index (χ4v) is 3.05. The van der Waals surface area contributed by atoms with Crippen LogP contribution in [0.3, 0.4) is 0 Å². The second-order valence-corrected chi connectivity index (χ2v) is 7.28. The lowest BCUT2D eigenvalue weighted by Crippen LogP contribution is -2.43. The number of nitrogens with zero attached hydrogens (tertiary/aromatic N) is 2. The molecule has 1 atom stereocenters. The largest absolute Gasteiger partial charge is 0.390 e. The van der Waals surface area contributed by atoms with Crippen LogP contribution in [0.2, 0.25) is 0 Å². The average molecular weight is 333 g/mol. The molecule has 5 nitrogen and oxygen atoms in total. The topological polar surface area (TPSA) is 55.8 Å². The van der Waals surface area contributed by atoms with Crippen LogP contribution >= 0.6 is 0 Å². The lowest BCUT2D eigenvalue weighted by Gasteiger charge is -2.31. The van der Waals surface area contributed by atoms with E-state index in [1.165, 1.54) is 18.4 Å². The highest BCUT2D eigenvalue weighted by molar-refractivity contribution is 5.94. The van der Waals surface area contributed by atoms with Gasteiger partial charge in [0.1, 0.15) is 0 Å². The number of piperidine rings is 1. The molecule has 0 saturated carbocycles. The van der Waals surface area contributed by atoms with Crippen LogP contribution < -0.4 is 5.32 Å². The molecule has 2 N–H and O–H groups in total. The molecule has 0 bridgehead atoms. The van der Waals surface area contributed by atoms with E-state index in [9.17, 15) is 9.90 Å². The smallest absolute Gasteiger partial charge is 0.251 e. The molecule has 1 heterocycles. The Labute approximate surface area is 145 Å². The summed E-state index contributed by atoms with van der Waals surface area (Å²) in [6, 6.07) is 7.62. The first-order valence-corrected chi connectivity index (χ1v) is 8.86. The molecule has 1 aliphatic rings. The molecule has 1 aliphatic heterocycles. The third kappa shape index (κ3) is 6.23. The van der Waals surface area contributed by atoms with Crippen molar-refractivity contribution in [1.29, 1.82) is 0 Å². The van der Waals surface area contributed by atoms with Gasteiger partial charge in [-0.15, -0.1) is 0 Å². The van der Waals surface area contributed by atoms with Crippen molar-refractivity contribution < 1.29 is 9.90 Å². The van der Waals surface area contributed by atoms with E-state index in [0.717, 1.165) is 25.6 Å². The van der Waals surface area contributed by atoms with E-state index in [1.54, 1.807) is 0 Å². The Bertz CT molecular complexity index is 508. The number of hydrogen-bond donors (Lipinski definition) is 2. The highest BCUT2D eigenvalue weighted by Gasteiger charge is 2.18. The van der Waals surface area contributed by atoms with Gasteiger partial charge in [-0.25, -0.2) is 0 Å². The van der Waals surface area contributed by atoms with Gasteiger partial charge < -0.3 is 20.2 Å². The minimum absolute atomic E-state index is 0.127. The van der Waals surface area contributed by atoms with Crippen LogP contribution in [0.25, 0.3) is 0 Å². The first-order valence-electron chi connectivity index (χ1n) is 8.86. The SMILES string of the molecule is CC1CCN(CC(O)CNC(=O)c2ccc(CN(C)C)cc2)CC1. The maximum absolute atomic E-state index is 12.2. The van der Waals surface area contributed by atoms with Crippen LogP contribution in [0.15, 0.2) is 24.3 Å². The number of aliphatic hydroxyl groups is 1. The molecular weight excluding hydrogens is 302 g/mol. The van der Waals surface area contributed by atoms with Gasteiger partial charge in [-0.3, -0.25) is 4.79 Å². The van der Waals surface area contributed by atoms with E-state index >= 15 is 0 Å². The van der Waals surface area contributed by atoms with E-state index in [0.29, 0.717) is 18.7 Å². The Morgan fingerprint density at radius 3 is 2.50 bits per heavy atom. The number of carbonyl (C=O) groups excluding carboxylic acids is 1.